The number of hydrogen-bond acceptors (Lipinski definition) is 3. The van der Waals surface area contributed by atoms with Gasteiger partial charge in [0.1, 0.15) is 9.84 Å². The Balaban J connectivity index is 2.21. The number of nitrogens with zero attached hydrogens (tertiary/aromatic N) is 1. The molecule has 16 heavy (non-hydrogen) atoms. The molecule has 0 bridgehead atoms. The molecule has 0 radical (unpaired) electrons. The third kappa shape index (κ3) is 6.06. The van der Waals surface area contributed by atoms with Crippen molar-refractivity contribution >= 4 is 21.4 Å². The Morgan fingerprint density at radius 1 is 1.44 bits per heavy atom. The van der Waals surface area contributed by atoms with E-state index in [2.05, 4.69) is 4.90 Å². The van der Waals surface area contributed by atoms with Gasteiger partial charge < -0.3 is 4.90 Å². The lowest BCUT2D eigenvalue weighted by Crippen LogP contribution is -2.36. The number of halogens is 1. The lowest BCUT2D eigenvalue weighted by atomic mass is 9.95. The molecule has 0 aromatic carbocycles. The Morgan fingerprint density at radius 2 is 2.19 bits per heavy atom. The number of piperidine rings is 1. The van der Waals surface area contributed by atoms with Crippen LogP contribution in [-0.2, 0) is 9.84 Å². The van der Waals surface area contributed by atoms with Gasteiger partial charge in [0.25, 0.3) is 0 Å². The van der Waals surface area contributed by atoms with Crippen LogP contribution in [0.4, 0.5) is 0 Å². The first-order valence-corrected chi connectivity index (χ1v) is 8.57. The molecule has 5 heteroatoms. The zero-order chi connectivity index (χ0) is 12.0. The molecule has 0 aromatic rings. The third-order valence-corrected chi connectivity index (χ3v) is 4.36. The first-order chi connectivity index (χ1) is 7.51. The number of sulfone groups is 1. The second kappa shape index (κ2) is 6.82. The van der Waals surface area contributed by atoms with Gasteiger partial charge in [-0.2, -0.15) is 0 Å². The molecule has 96 valence electrons. The molecule has 1 heterocycles. The lowest BCUT2D eigenvalue weighted by molar-refractivity contribution is 0.173. The maximum Gasteiger partial charge on any atom is 0.147 e. The minimum absolute atomic E-state index is 0.309. The average Bonchev–Trinajstić information content (AvgIpc) is 2.17. The van der Waals surface area contributed by atoms with E-state index in [1.807, 2.05) is 0 Å². The summed E-state index contributed by atoms with van der Waals surface area (Å²) in [6.07, 6.45) is 5.64. The summed E-state index contributed by atoms with van der Waals surface area (Å²) in [5.74, 6) is 1.76. The molecule has 0 aliphatic carbocycles. The third-order valence-electron chi connectivity index (χ3n) is 3.11. The summed E-state index contributed by atoms with van der Waals surface area (Å²) in [5.41, 5.74) is 0. The fourth-order valence-electron chi connectivity index (χ4n) is 2.29. The van der Waals surface area contributed by atoms with E-state index in [1.165, 1.54) is 19.1 Å². The first kappa shape index (κ1) is 14.3. The maximum absolute atomic E-state index is 11.0. The molecule has 1 saturated heterocycles. The minimum Gasteiger partial charge on any atom is -0.303 e. The molecular formula is C11H22ClNO2S. The van der Waals surface area contributed by atoms with Crippen molar-refractivity contribution in [1.29, 1.82) is 0 Å². The molecule has 1 aliphatic heterocycles. The van der Waals surface area contributed by atoms with Crippen molar-refractivity contribution in [2.75, 3.05) is 37.5 Å². The van der Waals surface area contributed by atoms with Crippen LogP contribution in [0.5, 0.6) is 0 Å². The quantitative estimate of drug-likeness (QED) is 0.689. The van der Waals surface area contributed by atoms with E-state index in [-0.39, 0.29) is 0 Å². The van der Waals surface area contributed by atoms with Gasteiger partial charge in [-0.1, -0.05) is 0 Å². The molecule has 0 N–H and O–H groups in total. The Kier molecular flexibility index (Phi) is 6.08. The molecule has 0 saturated carbocycles. The predicted molar refractivity (Wildman–Crippen MR) is 68.8 cm³/mol. The molecule has 0 amide bonds. The molecule has 1 rings (SSSR count). The van der Waals surface area contributed by atoms with E-state index in [9.17, 15) is 8.42 Å². The van der Waals surface area contributed by atoms with E-state index >= 15 is 0 Å². The zero-order valence-electron chi connectivity index (χ0n) is 9.99. The van der Waals surface area contributed by atoms with Gasteiger partial charge in [0.2, 0.25) is 0 Å². The van der Waals surface area contributed by atoms with Crippen molar-refractivity contribution < 1.29 is 8.42 Å². The first-order valence-electron chi connectivity index (χ1n) is 5.97. The number of hydrogen-bond donors (Lipinski definition) is 0. The molecular weight excluding hydrogens is 246 g/mol. The van der Waals surface area contributed by atoms with Crippen molar-refractivity contribution in [2.24, 2.45) is 5.92 Å². The summed E-state index contributed by atoms with van der Waals surface area (Å²) in [7, 11) is -2.80. The smallest absolute Gasteiger partial charge is 0.147 e. The average molecular weight is 268 g/mol. The minimum atomic E-state index is -2.80. The number of alkyl halides is 1. The Morgan fingerprint density at radius 3 is 2.81 bits per heavy atom. The van der Waals surface area contributed by atoms with Crippen LogP contribution < -0.4 is 0 Å². The topological polar surface area (TPSA) is 37.4 Å². The van der Waals surface area contributed by atoms with Crippen LogP contribution in [0.2, 0.25) is 0 Å². The van der Waals surface area contributed by atoms with E-state index < -0.39 is 9.84 Å². The van der Waals surface area contributed by atoms with Crippen LogP contribution in [0.25, 0.3) is 0 Å². The summed E-state index contributed by atoms with van der Waals surface area (Å²) >= 11 is 5.75. The van der Waals surface area contributed by atoms with Crippen molar-refractivity contribution in [1.82, 2.24) is 4.90 Å². The largest absolute Gasteiger partial charge is 0.303 e. The molecule has 0 aromatic heterocycles. The fraction of sp³-hybridized carbons (Fsp3) is 1.00. The van der Waals surface area contributed by atoms with Crippen molar-refractivity contribution in [3.63, 3.8) is 0 Å². The van der Waals surface area contributed by atoms with Crippen molar-refractivity contribution in [3.05, 3.63) is 0 Å². The van der Waals surface area contributed by atoms with Gasteiger partial charge in [0.15, 0.2) is 0 Å². The van der Waals surface area contributed by atoms with Crippen LogP contribution in [0.15, 0.2) is 0 Å². The summed E-state index contributed by atoms with van der Waals surface area (Å²) in [5, 5.41) is 0. The van der Waals surface area contributed by atoms with Crippen molar-refractivity contribution in [2.45, 2.75) is 25.7 Å². The molecule has 1 atom stereocenters. The highest BCUT2D eigenvalue weighted by Gasteiger charge is 2.19. The fourth-order valence-corrected chi connectivity index (χ4v) is 3.26. The van der Waals surface area contributed by atoms with Crippen LogP contribution >= 0.6 is 11.6 Å². The normalized spacial score (nSPS) is 23.5. The highest BCUT2D eigenvalue weighted by Crippen LogP contribution is 2.20. The van der Waals surface area contributed by atoms with Gasteiger partial charge in [0.05, 0.1) is 5.75 Å². The summed E-state index contributed by atoms with van der Waals surface area (Å²) < 4.78 is 22.0. The van der Waals surface area contributed by atoms with Gasteiger partial charge >= 0.3 is 0 Å². The van der Waals surface area contributed by atoms with Gasteiger partial charge in [-0.3, -0.25) is 0 Å². The summed E-state index contributed by atoms with van der Waals surface area (Å²) in [4.78, 5) is 2.38. The summed E-state index contributed by atoms with van der Waals surface area (Å²) in [6, 6.07) is 0. The second-order valence-electron chi connectivity index (χ2n) is 4.77. The number of likely N-dealkylation sites (tertiary alicyclic amines) is 1. The van der Waals surface area contributed by atoms with Gasteiger partial charge in [-0.15, -0.1) is 11.6 Å². The summed E-state index contributed by atoms with van der Waals surface area (Å²) in [6.45, 7) is 3.12. The van der Waals surface area contributed by atoms with E-state index in [0.717, 1.165) is 38.4 Å². The number of rotatable bonds is 6. The molecule has 1 aliphatic rings. The van der Waals surface area contributed by atoms with Gasteiger partial charge in [-0.05, 0) is 44.7 Å². The maximum atomic E-state index is 11.0. The second-order valence-corrected chi connectivity index (χ2v) is 7.41. The monoisotopic (exact) mass is 267 g/mol. The Labute approximate surface area is 104 Å². The van der Waals surface area contributed by atoms with Crippen LogP contribution in [0, 0.1) is 5.92 Å². The molecule has 3 nitrogen and oxygen atoms in total. The Hall–Kier alpha value is 0.200. The van der Waals surface area contributed by atoms with Crippen LogP contribution in [0.3, 0.4) is 0 Å². The van der Waals surface area contributed by atoms with Gasteiger partial charge in [0, 0.05) is 18.7 Å². The van der Waals surface area contributed by atoms with Crippen molar-refractivity contribution in [3.8, 4) is 0 Å². The standard InChI is InChI=1S/C11H22ClNO2S/c1-16(14,15)9-3-8-13-7-2-4-11(10-13)5-6-12/h11H,2-10H2,1H3. The highest BCUT2D eigenvalue weighted by atomic mass is 35.5. The van der Waals surface area contributed by atoms with Crippen LogP contribution in [0.1, 0.15) is 25.7 Å². The Bertz CT molecular complexity index is 290. The van der Waals surface area contributed by atoms with E-state index in [4.69, 9.17) is 11.6 Å². The van der Waals surface area contributed by atoms with E-state index in [0.29, 0.717) is 11.7 Å². The molecule has 1 unspecified atom stereocenters. The van der Waals surface area contributed by atoms with E-state index in [1.54, 1.807) is 0 Å². The predicted octanol–water partition coefficient (Wildman–Crippen LogP) is 1.76. The SMILES string of the molecule is CS(=O)(=O)CCCN1CCCC(CCCl)C1. The van der Waals surface area contributed by atoms with Gasteiger partial charge in [-0.25, -0.2) is 8.42 Å². The highest BCUT2D eigenvalue weighted by molar-refractivity contribution is 7.90. The van der Waals surface area contributed by atoms with Crippen LogP contribution in [-0.4, -0.2) is 50.8 Å². The molecule has 0 spiro atoms. The molecule has 1 fully saturated rings. The lowest BCUT2D eigenvalue weighted by Gasteiger charge is -2.32. The zero-order valence-corrected chi connectivity index (χ0v) is 11.6.